The third-order valence-electron chi connectivity index (χ3n) is 4.65. The average Bonchev–Trinajstić information content (AvgIpc) is 2.73. The number of fused-ring (bicyclic) bond motifs is 1. The molecule has 0 unspecified atom stereocenters. The molecular formula is C20H17N3O4. The van der Waals surface area contributed by atoms with Crippen molar-refractivity contribution in [2.45, 2.75) is 0 Å². The lowest BCUT2D eigenvalue weighted by molar-refractivity contribution is 0.0533. The fraction of sp³-hybridized carbons (Fsp3) is 0.200. The molecule has 1 aromatic carbocycles. The predicted octanol–water partition coefficient (Wildman–Crippen LogP) is 1.79. The zero-order chi connectivity index (χ0) is 18.8. The van der Waals surface area contributed by atoms with E-state index in [1.165, 1.54) is 0 Å². The molecule has 7 nitrogen and oxygen atoms in total. The normalized spacial score (nSPS) is 14.4. The van der Waals surface area contributed by atoms with Gasteiger partial charge in [-0.1, -0.05) is 18.2 Å². The highest BCUT2D eigenvalue weighted by Gasteiger charge is 2.27. The van der Waals surface area contributed by atoms with Crippen LogP contribution in [0.4, 0.5) is 0 Å². The molecule has 0 bridgehead atoms. The zero-order valence-electron chi connectivity index (χ0n) is 14.5. The second-order valence-corrected chi connectivity index (χ2v) is 6.31. The van der Waals surface area contributed by atoms with E-state index in [0.717, 1.165) is 0 Å². The molecule has 27 heavy (non-hydrogen) atoms. The second-order valence-electron chi connectivity index (χ2n) is 6.31. The lowest BCUT2D eigenvalue weighted by Gasteiger charge is -2.34. The van der Waals surface area contributed by atoms with Gasteiger partial charge >= 0.3 is 5.63 Å². The minimum absolute atomic E-state index is 0.0163. The molecule has 3 heterocycles. The topological polar surface area (TPSA) is 83.7 Å². The maximum absolute atomic E-state index is 12.8. The highest BCUT2D eigenvalue weighted by Crippen LogP contribution is 2.15. The van der Waals surface area contributed by atoms with Crippen molar-refractivity contribution >= 4 is 22.8 Å². The SMILES string of the molecule is O=C(c1ccncc1)N1CCN(C(=O)c2cc3ccccc3oc2=O)CC1. The fourth-order valence-electron chi connectivity index (χ4n) is 3.17. The monoisotopic (exact) mass is 363 g/mol. The maximum Gasteiger partial charge on any atom is 0.349 e. The molecule has 7 heteroatoms. The summed E-state index contributed by atoms with van der Waals surface area (Å²) in [4.78, 5) is 44.6. The smallest absolute Gasteiger partial charge is 0.349 e. The van der Waals surface area contributed by atoms with E-state index in [1.807, 2.05) is 6.07 Å². The first kappa shape index (κ1) is 17.0. The van der Waals surface area contributed by atoms with Crippen molar-refractivity contribution in [3.63, 3.8) is 0 Å². The van der Waals surface area contributed by atoms with Crippen molar-refractivity contribution in [1.82, 2.24) is 14.8 Å². The van der Waals surface area contributed by atoms with E-state index in [0.29, 0.717) is 42.7 Å². The van der Waals surface area contributed by atoms with Gasteiger partial charge in [0.15, 0.2) is 0 Å². The molecule has 0 saturated carbocycles. The van der Waals surface area contributed by atoms with E-state index >= 15 is 0 Å². The summed E-state index contributed by atoms with van der Waals surface area (Å²) < 4.78 is 5.25. The molecule has 0 radical (unpaired) electrons. The van der Waals surface area contributed by atoms with E-state index in [-0.39, 0.29) is 17.4 Å². The predicted molar refractivity (Wildman–Crippen MR) is 98.5 cm³/mol. The van der Waals surface area contributed by atoms with Crippen LogP contribution in [0.3, 0.4) is 0 Å². The molecule has 1 saturated heterocycles. The molecular weight excluding hydrogens is 346 g/mol. The summed E-state index contributed by atoms with van der Waals surface area (Å²) in [5, 5.41) is 0.701. The first-order valence-electron chi connectivity index (χ1n) is 8.65. The second kappa shape index (κ2) is 7.03. The molecule has 1 aliphatic heterocycles. The number of pyridine rings is 1. The van der Waals surface area contributed by atoms with Crippen molar-refractivity contribution in [3.8, 4) is 0 Å². The molecule has 1 fully saturated rings. The summed E-state index contributed by atoms with van der Waals surface area (Å²) in [6.45, 7) is 1.54. The maximum atomic E-state index is 12.8. The van der Waals surface area contributed by atoms with Crippen molar-refractivity contribution in [2.24, 2.45) is 0 Å². The summed E-state index contributed by atoms with van der Waals surface area (Å²) in [6, 6.07) is 12.0. The first-order chi connectivity index (χ1) is 13.1. The standard InChI is InChI=1S/C20H17N3O4/c24-18(14-5-7-21-8-6-14)22-9-11-23(12-10-22)19(25)16-13-15-3-1-2-4-17(15)27-20(16)26/h1-8,13H,9-12H2. The number of amides is 2. The molecule has 2 aromatic heterocycles. The third kappa shape index (κ3) is 3.31. The Labute approximate surface area is 154 Å². The number of hydrogen-bond donors (Lipinski definition) is 0. The molecule has 3 aromatic rings. The van der Waals surface area contributed by atoms with E-state index in [9.17, 15) is 14.4 Å². The molecule has 0 N–H and O–H groups in total. The van der Waals surface area contributed by atoms with Crippen molar-refractivity contribution < 1.29 is 14.0 Å². The Morgan fingerprint density at radius 1 is 0.889 bits per heavy atom. The van der Waals surface area contributed by atoms with Crippen molar-refractivity contribution in [3.05, 3.63) is 76.4 Å². The van der Waals surface area contributed by atoms with E-state index < -0.39 is 5.63 Å². The van der Waals surface area contributed by atoms with Crippen LogP contribution < -0.4 is 5.63 Å². The number of benzene rings is 1. The molecule has 1 aliphatic rings. The number of rotatable bonds is 2. The average molecular weight is 363 g/mol. The summed E-state index contributed by atoms with van der Waals surface area (Å²) in [5.41, 5.74) is 0.392. The van der Waals surface area contributed by atoms with Crippen LogP contribution in [-0.2, 0) is 0 Å². The lowest BCUT2D eigenvalue weighted by atomic mass is 10.1. The van der Waals surface area contributed by atoms with Crippen molar-refractivity contribution in [2.75, 3.05) is 26.2 Å². The third-order valence-corrected chi connectivity index (χ3v) is 4.65. The van der Waals surface area contributed by atoms with Gasteiger partial charge in [0, 0.05) is 49.5 Å². The largest absolute Gasteiger partial charge is 0.422 e. The van der Waals surface area contributed by atoms with Crippen LogP contribution in [0.5, 0.6) is 0 Å². The Kier molecular flexibility index (Phi) is 4.42. The van der Waals surface area contributed by atoms with E-state index in [4.69, 9.17) is 4.42 Å². The Balaban J connectivity index is 1.48. The fourth-order valence-corrected chi connectivity index (χ4v) is 3.17. The Hall–Kier alpha value is -3.48. The summed E-state index contributed by atoms with van der Waals surface area (Å²) >= 11 is 0. The Morgan fingerprint density at radius 2 is 1.52 bits per heavy atom. The summed E-state index contributed by atoms with van der Waals surface area (Å²) in [7, 11) is 0. The van der Waals surface area contributed by atoms with Gasteiger partial charge in [0.2, 0.25) is 0 Å². The van der Waals surface area contributed by atoms with Gasteiger partial charge in [0.25, 0.3) is 11.8 Å². The zero-order valence-corrected chi connectivity index (χ0v) is 14.5. The number of hydrogen-bond acceptors (Lipinski definition) is 5. The van der Waals surface area contributed by atoms with Gasteiger partial charge in [-0.3, -0.25) is 14.6 Å². The minimum Gasteiger partial charge on any atom is -0.422 e. The number of carbonyl (C=O) groups is 2. The number of nitrogens with zero attached hydrogens (tertiary/aromatic N) is 3. The number of piperazine rings is 1. The van der Waals surface area contributed by atoms with Crippen LogP contribution in [-0.4, -0.2) is 52.8 Å². The molecule has 0 atom stereocenters. The molecule has 136 valence electrons. The van der Waals surface area contributed by atoms with Gasteiger partial charge in [-0.2, -0.15) is 0 Å². The lowest BCUT2D eigenvalue weighted by Crippen LogP contribution is -2.51. The van der Waals surface area contributed by atoms with Crippen LogP contribution in [0.25, 0.3) is 11.0 Å². The molecule has 0 spiro atoms. The molecule has 0 aliphatic carbocycles. The van der Waals surface area contributed by atoms with Crippen LogP contribution in [0, 0.1) is 0 Å². The Morgan fingerprint density at radius 3 is 2.22 bits per heavy atom. The van der Waals surface area contributed by atoms with Crippen LogP contribution in [0.1, 0.15) is 20.7 Å². The van der Waals surface area contributed by atoms with Gasteiger partial charge in [-0.25, -0.2) is 4.79 Å². The van der Waals surface area contributed by atoms with Crippen molar-refractivity contribution in [1.29, 1.82) is 0 Å². The highest BCUT2D eigenvalue weighted by molar-refractivity contribution is 5.97. The number of aromatic nitrogens is 1. The van der Waals surface area contributed by atoms with Crippen LogP contribution >= 0.6 is 0 Å². The van der Waals surface area contributed by atoms with Crippen LogP contribution in [0.15, 0.2) is 64.1 Å². The van der Waals surface area contributed by atoms with Crippen LogP contribution in [0.2, 0.25) is 0 Å². The minimum atomic E-state index is -0.644. The summed E-state index contributed by atoms with van der Waals surface area (Å²) in [5.74, 6) is -0.458. The van der Waals surface area contributed by atoms with E-state index in [1.54, 1.807) is 58.6 Å². The van der Waals surface area contributed by atoms with Gasteiger partial charge in [0.05, 0.1) is 0 Å². The van der Waals surface area contributed by atoms with Gasteiger partial charge in [-0.15, -0.1) is 0 Å². The van der Waals surface area contributed by atoms with E-state index in [2.05, 4.69) is 4.98 Å². The van der Waals surface area contributed by atoms with Gasteiger partial charge < -0.3 is 14.2 Å². The molecule has 4 rings (SSSR count). The summed E-state index contributed by atoms with van der Waals surface area (Å²) in [6.07, 6.45) is 3.15. The quantitative estimate of drug-likeness (QED) is 0.648. The number of para-hydroxylation sites is 1. The molecule has 2 amide bonds. The Bertz CT molecular complexity index is 1050. The van der Waals surface area contributed by atoms with Gasteiger partial charge in [-0.05, 0) is 24.3 Å². The highest BCUT2D eigenvalue weighted by atomic mass is 16.4. The van der Waals surface area contributed by atoms with Gasteiger partial charge in [0.1, 0.15) is 11.1 Å². The first-order valence-corrected chi connectivity index (χ1v) is 8.65. The number of carbonyl (C=O) groups excluding carboxylic acids is 2.